The zero-order valence-corrected chi connectivity index (χ0v) is 9.97. The number of aromatic amines is 1. The van der Waals surface area contributed by atoms with Crippen molar-refractivity contribution in [2.75, 3.05) is 13.0 Å². The number of halogens is 1. The second-order valence-corrected chi connectivity index (χ2v) is 4.60. The van der Waals surface area contributed by atoms with Gasteiger partial charge in [-0.05, 0) is 30.5 Å². The lowest BCUT2D eigenvalue weighted by Gasteiger charge is -2.08. The molecule has 1 atom stereocenters. The van der Waals surface area contributed by atoms with Gasteiger partial charge in [0.25, 0.3) is 0 Å². The van der Waals surface area contributed by atoms with Gasteiger partial charge >= 0.3 is 0 Å². The topological polar surface area (TPSA) is 25.0 Å². The number of benzene rings is 1. The number of nitrogens with one attached hydrogen (secondary N) is 1. The summed E-state index contributed by atoms with van der Waals surface area (Å²) < 4.78 is 5.44. The SMILES string of the molecule is COc1cccc2[nH]c3c(c12)C(CCl)CC3. The minimum absolute atomic E-state index is 0.474. The van der Waals surface area contributed by atoms with Crippen LogP contribution in [-0.4, -0.2) is 18.0 Å². The fraction of sp³-hybridized carbons (Fsp3) is 0.385. The van der Waals surface area contributed by atoms with Crippen LogP contribution in [0.3, 0.4) is 0 Å². The first-order chi connectivity index (χ1) is 7.85. The van der Waals surface area contributed by atoms with Crippen LogP contribution in [0.4, 0.5) is 0 Å². The van der Waals surface area contributed by atoms with Crippen molar-refractivity contribution in [1.82, 2.24) is 4.98 Å². The molecule has 1 heterocycles. The molecular formula is C13H14ClNO. The fourth-order valence-electron chi connectivity index (χ4n) is 2.73. The molecule has 1 aromatic heterocycles. The standard InChI is InChI=1S/C13H14ClNO/c1-16-11-4-2-3-9-13(11)12-8(7-14)5-6-10(12)15-9/h2-4,8,15H,5-7H2,1H3. The zero-order chi connectivity index (χ0) is 11.1. The molecule has 84 valence electrons. The van der Waals surface area contributed by atoms with Gasteiger partial charge in [0, 0.05) is 28.4 Å². The molecule has 2 aromatic rings. The first-order valence-electron chi connectivity index (χ1n) is 5.58. The molecule has 1 aliphatic rings. The molecule has 0 aliphatic heterocycles. The molecule has 0 saturated carbocycles. The molecule has 1 aliphatic carbocycles. The summed E-state index contributed by atoms with van der Waals surface area (Å²) in [5.74, 6) is 2.12. The van der Waals surface area contributed by atoms with Crippen LogP contribution >= 0.6 is 11.6 Å². The number of H-pyrrole nitrogens is 1. The van der Waals surface area contributed by atoms with Crippen LogP contribution in [0.5, 0.6) is 5.75 Å². The van der Waals surface area contributed by atoms with E-state index < -0.39 is 0 Å². The van der Waals surface area contributed by atoms with Gasteiger partial charge in [-0.25, -0.2) is 0 Å². The highest BCUT2D eigenvalue weighted by molar-refractivity contribution is 6.18. The van der Waals surface area contributed by atoms with Gasteiger partial charge in [0.15, 0.2) is 0 Å². The van der Waals surface area contributed by atoms with Crippen molar-refractivity contribution in [3.63, 3.8) is 0 Å². The lowest BCUT2D eigenvalue weighted by atomic mass is 10.0. The number of methoxy groups -OCH3 is 1. The minimum Gasteiger partial charge on any atom is -0.496 e. The predicted molar refractivity (Wildman–Crippen MR) is 66.6 cm³/mol. The largest absolute Gasteiger partial charge is 0.496 e. The summed E-state index contributed by atoms with van der Waals surface area (Å²) in [6.45, 7) is 0. The van der Waals surface area contributed by atoms with Crippen molar-refractivity contribution >= 4 is 22.5 Å². The number of hydrogen-bond donors (Lipinski definition) is 1. The quantitative estimate of drug-likeness (QED) is 0.793. The maximum Gasteiger partial charge on any atom is 0.128 e. The molecule has 0 amide bonds. The van der Waals surface area contributed by atoms with Crippen molar-refractivity contribution in [3.8, 4) is 5.75 Å². The van der Waals surface area contributed by atoms with Crippen LogP contribution in [0, 0.1) is 0 Å². The van der Waals surface area contributed by atoms with Gasteiger partial charge in [-0.1, -0.05) is 6.07 Å². The van der Waals surface area contributed by atoms with Gasteiger partial charge < -0.3 is 9.72 Å². The monoisotopic (exact) mass is 235 g/mol. The highest BCUT2D eigenvalue weighted by atomic mass is 35.5. The van der Waals surface area contributed by atoms with E-state index in [0.29, 0.717) is 11.8 Å². The van der Waals surface area contributed by atoms with Crippen molar-refractivity contribution < 1.29 is 4.74 Å². The maximum atomic E-state index is 6.03. The Morgan fingerprint density at radius 3 is 3.12 bits per heavy atom. The number of aromatic nitrogens is 1. The summed E-state index contributed by atoms with van der Waals surface area (Å²) in [7, 11) is 1.72. The third-order valence-corrected chi connectivity index (χ3v) is 3.84. The Hall–Kier alpha value is -1.15. The van der Waals surface area contributed by atoms with Gasteiger partial charge in [0.2, 0.25) is 0 Å². The second kappa shape index (κ2) is 3.70. The molecular weight excluding hydrogens is 222 g/mol. The first kappa shape index (κ1) is 10.0. The third kappa shape index (κ3) is 1.26. The molecule has 1 aromatic carbocycles. The lowest BCUT2D eigenvalue weighted by Crippen LogP contribution is -1.95. The smallest absolute Gasteiger partial charge is 0.128 e. The third-order valence-electron chi connectivity index (χ3n) is 3.46. The molecule has 0 fully saturated rings. The van der Waals surface area contributed by atoms with Crippen LogP contribution in [0.2, 0.25) is 0 Å². The summed E-state index contributed by atoms with van der Waals surface area (Å²) in [6, 6.07) is 6.13. The highest BCUT2D eigenvalue weighted by Gasteiger charge is 2.27. The Balaban J connectivity index is 2.31. The predicted octanol–water partition coefficient (Wildman–Crippen LogP) is 3.45. The fourth-order valence-corrected chi connectivity index (χ4v) is 3.04. The van der Waals surface area contributed by atoms with E-state index in [2.05, 4.69) is 11.1 Å². The molecule has 16 heavy (non-hydrogen) atoms. The average Bonchev–Trinajstić information content (AvgIpc) is 2.86. The van der Waals surface area contributed by atoms with Gasteiger partial charge in [-0.3, -0.25) is 0 Å². The summed E-state index contributed by atoms with van der Waals surface area (Å²) >= 11 is 6.03. The van der Waals surface area contributed by atoms with Crippen LogP contribution < -0.4 is 4.74 Å². The number of rotatable bonds is 2. The Morgan fingerprint density at radius 1 is 1.50 bits per heavy atom. The number of alkyl halides is 1. The van der Waals surface area contributed by atoms with Gasteiger partial charge in [0.1, 0.15) is 5.75 Å². The summed E-state index contributed by atoms with van der Waals surface area (Å²) in [5.41, 5.74) is 3.88. The van der Waals surface area contributed by atoms with E-state index in [1.54, 1.807) is 7.11 Å². The van der Waals surface area contributed by atoms with Crippen molar-refractivity contribution in [2.24, 2.45) is 0 Å². The van der Waals surface area contributed by atoms with E-state index >= 15 is 0 Å². The zero-order valence-electron chi connectivity index (χ0n) is 9.22. The van der Waals surface area contributed by atoms with E-state index in [1.165, 1.54) is 22.2 Å². The van der Waals surface area contributed by atoms with E-state index in [4.69, 9.17) is 16.3 Å². The van der Waals surface area contributed by atoms with E-state index in [0.717, 1.165) is 18.6 Å². The average molecular weight is 236 g/mol. The summed E-state index contributed by atoms with van der Waals surface area (Å²) in [5, 5.41) is 1.23. The number of ether oxygens (including phenoxy) is 1. The summed E-state index contributed by atoms with van der Waals surface area (Å²) in [6.07, 6.45) is 2.25. The minimum atomic E-state index is 0.474. The van der Waals surface area contributed by atoms with Crippen LogP contribution in [-0.2, 0) is 6.42 Å². The molecule has 3 heteroatoms. The number of hydrogen-bond acceptors (Lipinski definition) is 1. The highest BCUT2D eigenvalue weighted by Crippen LogP contribution is 2.42. The molecule has 1 unspecified atom stereocenters. The van der Waals surface area contributed by atoms with Crippen molar-refractivity contribution in [3.05, 3.63) is 29.5 Å². The van der Waals surface area contributed by atoms with Gasteiger partial charge in [0.05, 0.1) is 7.11 Å². The molecule has 2 nitrogen and oxygen atoms in total. The van der Waals surface area contributed by atoms with E-state index in [-0.39, 0.29) is 0 Å². The maximum absolute atomic E-state index is 6.03. The van der Waals surface area contributed by atoms with Crippen LogP contribution in [0.25, 0.3) is 10.9 Å². The van der Waals surface area contributed by atoms with Crippen molar-refractivity contribution in [1.29, 1.82) is 0 Å². The lowest BCUT2D eigenvalue weighted by molar-refractivity contribution is 0.419. The van der Waals surface area contributed by atoms with E-state index in [9.17, 15) is 0 Å². The van der Waals surface area contributed by atoms with Gasteiger partial charge in [-0.15, -0.1) is 11.6 Å². The number of fused-ring (bicyclic) bond motifs is 3. The van der Waals surface area contributed by atoms with Gasteiger partial charge in [-0.2, -0.15) is 0 Å². The number of aryl methyl sites for hydroxylation is 1. The summed E-state index contributed by atoms with van der Waals surface area (Å²) in [4.78, 5) is 3.48. The molecule has 3 rings (SSSR count). The van der Waals surface area contributed by atoms with Crippen LogP contribution in [0.15, 0.2) is 18.2 Å². The molecule has 0 bridgehead atoms. The first-order valence-corrected chi connectivity index (χ1v) is 6.12. The molecule has 1 N–H and O–H groups in total. The Bertz CT molecular complexity index is 532. The second-order valence-electron chi connectivity index (χ2n) is 4.29. The molecule has 0 saturated heterocycles. The Labute approximate surface area is 99.6 Å². The van der Waals surface area contributed by atoms with Crippen molar-refractivity contribution in [2.45, 2.75) is 18.8 Å². The Morgan fingerprint density at radius 2 is 2.38 bits per heavy atom. The Kier molecular flexibility index (Phi) is 2.32. The normalized spacial score (nSPS) is 19.0. The van der Waals surface area contributed by atoms with E-state index in [1.807, 2.05) is 12.1 Å². The molecule has 0 spiro atoms. The van der Waals surface area contributed by atoms with Crippen LogP contribution in [0.1, 0.15) is 23.6 Å². The molecule has 0 radical (unpaired) electrons.